The Morgan fingerprint density at radius 3 is 2.56 bits per heavy atom. The minimum Gasteiger partial charge on any atom is -0.492 e. The number of aromatic hydroxyl groups is 1. The molecule has 8 nitrogen and oxygen atoms in total. The van der Waals surface area contributed by atoms with Crippen LogP contribution in [0.15, 0.2) is 47.1 Å². The molecule has 1 N–H and O–H groups in total. The van der Waals surface area contributed by atoms with Crippen LogP contribution in [0.25, 0.3) is 16.5 Å². The molecule has 10 heteroatoms. The molecular weight excluding hydrogens is 452 g/mol. The summed E-state index contributed by atoms with van der Waals surface area (Å²) < 4.78 is 18.7. The normalized spacial score (nSPS) is 19.8. The van der Waals surface area contributed by atoms with Gasteiger partial charge < -0.3 is 19.0 Å². The maximum Gasteiger partial charge on any atom is 0.230 e. The van der Waals surface area contributed by atoms with Crippen LogP contribution in [0.2, 0.25) is 5.02 Å². The number of nitrogens with zero attached hydrogens (tertiary/aromatic N) is 4. The molecule has 1 aromatic carbocycles. The maximum absolute atomic E-state index is 11.2. The molecule has 32 heavy (non-hydrogen) atoms. The largest absolute Gasteiger partial charge is 0.492 e. The van der Waals surface area contributed by atoms with E-state index in [1.165, 1.54) is 15.9 Å². The fourth-order valence-electron chi connectivity index (χ4n) is 4.55. The molecule has 6 rings (SSSR count). The highest BCUT2D eigenvalue weighted by molar-refractivity contribution is 7.17. The lowest BCUT2D eigenvalue weighted by Gasteiger charge is -2.41. The van der Waals surface area contributed by atoms with Gasteiger partial charge in [0.2, 0.25) is 16.7 Å². The number of hydrogen-bond donors (Lipinski definition) is 1. The third kappa shape index (κ3) is 3.32. The summed E-state index contributed by atoms with van der Waals surface area (Å²) in [4.78, 5) is 8.23. The molecule has 1 atom stereocenters. The van der Waals surface area contributed by atoms with E-state index in [-0.39, 0.29) is 11.9 Å². The van der Waals surface area contributed by atoms with Crippen LogP contribution >= 0.6 is 22.9 Å². The van der Waals surface area contributed by atoms with Crippen molar-refractivity contribution in [1.82, 2.24) is 19.5 Å². The second-order valence-electron chi connectivity index (χ2n) is 7.96. The zero-order valence-electron chi connectivity index (χ0n) is 17.1. The second kappa shape index (κ2) is 7.86. The second-order valence-corrected chi connectivity index (χ2v) is 9.38. The molecule has 3 aromatic heterocycles. The summed E-state index contributed by atoms with van der Waals surface area (Å²) in [6.45, 7) is 2.78. The summed E-state index contributed by atoms with van der Waals surface area (Å²) >= 11 is 8.03. The van der Waals surface area contributed by atoms with Crippen molar-refractivity contribution in [3.63, 3.8) is 0 Å². The Morgan fingerprint density at radius 1 is 1.09 bits per heavy atom. The monoisotopic (exact) mass is 472 g/mol. The maximum atomic E-state index is 11.2. The van der Waals surface area contributed by atoms with Crippen molar-refractivity contribution in [2.24, 2.45) is 0 Å². The topological polar surface area (TPSA) is 85.3 Å². The van der Waals surface area contributed by atoms with E-state index in [1.54, 1.807) is 18.4 Å². The number of aromatic nitrogens is 3. The molecule has 1 spiro atoms. The Labute approximate surface area is 192 Å². The van der Waals surface area contributed by atoms with Gasteiger partial charge in [-0.3, -0.25) is 4.90 Å². The van der Waals surface area contributed by atoms with E-state index >= 15 is 0 Å². The van der Waals surface area contributed by atoms with Crippen molar-refractivity contribution < 1.29 is 19.0 Å². The van der Waals surface area contributed by atoms with Crippen molar-refractivity contribution >= 4 is 27.9 Å². The standard InChI is InChI=1S/C22H21ClN4O4S/c23-15-5-2-1-4-14(15)17(26-9-7-22(8-10-26)30-12-13-31-22)18-20(28)27-21(32-18)24-19(25-27)16-6-3-11-29-16/h1-6,11,17,28H,7-10,12-13H2. The Balaban J connectivity index is 1.39. The van der Waals surface area contributed by atoms with Gasteiger partial charge in [0.25, 0.3) is 0 Å². The fraction of sp³-hybridized carbons (Fsp3) is 0.364. The van der Waals surface area contributed by atoms with Crippen LogP contribution in [0.3, 0.4) is 0 Å². The summed E-state index contributed by atoms with van der Waals surface area (Å²) in [6.07, 6.45) is 3.10. The van der Waals surface area contributed by atoms with Gasteiger partial charge in [-0.1, -0.05) is 41.1 Å². The van der Waals surface area contributed by atoms with E-state index in [0.29, 0.717) is 34.8 Å². The SMILES string of the molecule is Oc1c(C(c2ccccc2Cl)N2CCC3(CC2)OCCO3)sc2nc(-c3ccco3)nn12. The Hall–Kier alpha value is -2.43. The predicted molar refractivity (Wildman–Crippen MR) is 119 cm³/mol. The van der Waals surface area contributed by atoms with Crippen molar-refractivity contribution in [2.45, 2.75) is 24.7 Å². The van der Waals surface area contributed by atoms with Gasteiger partial charge in [-0.05, 0) is 23.8 Å². The van der Waals surface area contributed by atoms with Gasteiger partial charge in [-0.2, -0.15) is 9.50 Å². The van der Waals surface area contributed by atoms with Gasteiger partial charge in [0, 0.05) is 31.0 Å². The Kier molecular flexibility index (Phi) is 4.96. The van der Waals surface area contributed by atoms with Crippen molar-refractivity contribution in [3.8, 4) is 17.5 Å². The molecule has 1 unspecified atom stereocenters. The third-order valence-electron chi connectivity index (χ3n) is 6.13. The highest BCUT2D eigenvalue weighted by Gasteiger charge is 2.42. The molecule has 4 aromatic rings. The first kappa shape index (κ1) is 20.2. The van der Waals surface area contributed by atoms with Crippen LogP contribution in [-0.2, 0) is 9.47 Å². The summed E-state index contributed by atoms with van der Waals surface area (Å²) in [5, 5.41) is 16.3. The van der Waals surface area contributed by atoms with Gasteiger partial charge in [0.1, 0.15) is 0 Å². The number of rotatable bonds is 4. The van der Waals surface area contributed by atoms with Crippen molar-refractivity contribution in [2.75, 3.05) is 26.3 Å². The number of hydrogen-bond acceptors (Lipinski definition) is 8. The minimum atomic E-state index is -0.479. The molecular formula is C22H21ClN4O4S. The fourth-order valence-corrected chi connectivity index (χ4v) is 5.89. The molecule has 0 saturated carbocycles. The van der Waals surface area contributed by atoms with E-state index in [2.05, 4.69) is 15.0 Å². The van der Waals surface area contributed by atoms with Crippen molar-refractivity contribution in [1.29, 1.82) is 0 Å². The van der Waals surface area contributed by atoms with Gasteiger partial charge >= 0.3 is 0 Å². The number of fused-ring (bicyclic) bond motifs is 1. The van der Waals surface area contributed by atoms with Crippen LogP contribution in [0.1, 0.15) is 29.3 Å². The van der Waals surface area contributed by atoms with Crippen LogP contribution in [0.5, 0.6) is 5.88 Å². The minimum absolute atomic E-state index is 0.0638. The molecule has 5 heterocycles. The molecule has 2 fully saturated rings. The first-order valence-corrected chi connectivity index (χ1v) is 11.7. The van der Waals surface area contributed by atoms with Gasteiger partial charge in [-0.25, -0.2) is 0 Å². The number of halogens is 1. The lowest BCUT2D eigenvalue weighted by molar-refractivity contribution is -0.187. The zero-order valence-corrected chi connectivity index (χ0v) is 18.7. The highest BCUT2D eigenvalue weighted by atomic mass is 35.5. The first-order valence-electron chi connectivity index (χ1n) is 10.5. The average Bonchev–Trinajstić information content (AvgIpc) is 3.59. The quantitative estimate of drug-likeness (QED) is 0.473. The first-order chi connectivity index (χ1) is 15.6. The van der Waals surface area contributed by atoms with Crippen LogP contribution in [-0.4, -0.2) is 56.7 Å². The lowest BCUT2D eigenvalue weighted by Crippen LogP contribution is -2.46. The molecule has 0 radical (unpaired) electrons. The van der Waals surface area contributed by atoms with Crippen LogP contribution < -0.4 is 0 Å². The summed E-state index contributed by atoms with van der Waals surface area (Å²) in [5.74, 6) is 0.580. The number of thiazole rings is 1. The van der Waals surface area contributed by atoms with Gasteiger partial charge in [0.05, 0.1) is 30.4 Å². The number of benzene rings is 1. The van der Waals surface area contributed by atoms with E-state index in [1.807, 2.05) is 24.3 Å². The number of piperidine rings is 1. The van der Waals surface area contributed by atoms with E-state index in [9.17, 15) is 5.11 Å². The lowest BCUT2D eigenvalue weighted by atomic mass is 9.97. The Morgan fingerprint density at radius 2 is 1.88 bits per heavy atom. The number of likely N-dealkylation sites (tertiary alicyclic amines) is 1. The van der Waals surface area contributed by atoms with E-state index in [0.717, 1.165) is 36.4 Å². The van der Waals surface area contributed by atoms with Gasteiger partial charge in [-0.15, -0.1) is 5.10 Å². The molecule has 0 amide bonds. The molecule has 0 bridgehead atoms. The van der Waals surface area contributed by atoms with Crippen LogP contribution in [0, 0.1) is 0 Å². The summed E-state index contributed by atoms with van der Waals surface area (Å²) in [6, 6.07) is 11.1. The van der Waals surface area contributed by atoms with E-state index in [4.69, 9.17) is 25.5 Å². The predicted octanol–water partition coefficient (Wildman–Crippen LogP) is 4.34. The third-order valence-corrected chi connectivity index (χ3v) is 7.54. The molecule has 2 aliphatic rings. The Bertz CT molecular complexity index is 1240. The molecule has 166 valence electrons. The smallest absolute Gasteiger partial charge is 0.230 e. The van der Waals surface area contributed by atoms with E-state index < -0.39 is 5.79 Å². The van der Waals surface area contributed by atoms with Gasteiger partial charge in [0.15, 0.2) is 11.5 Å². The van der Waals surface area contributed by atoms with Crippen molar-refractivity contribution in [3.05, 3.63) is 58.1 Å². The number of furan rings is 1. The summed E-state index contributed by atoms with van der Waals surface area (Å²) in [7, 11) is 0. The summed E-state index contributed by atoms with van der Waals surface area (Å²) in [5.41, 5.74) is 0.935. The molecule has 2 aliphatic heterocycles. The molecule has 0 aliphatic carbocycles. The highest BCUT2D eigenvalue weighted by Crippen LogP contribution is 2.44. The molecule has 2 saturated heterocycles. The zero-order chi connectivity index (χ0) is 21.7. The number of ether oxygens (including phenoxy) is 2. The van der Waals surface area contributed by atoms with Crippen LogP contribution in [0.4, 0.5) is 0 Å². The average molecular weight is 473 g/mol.